The summed E-state index contributed by atoms with van der Waals surface area (Å²) in [5, 5.41) is 42.3. The van der Waals surface area contributed by atoms with Crippen molar-refractivity contribution >= 4 is 57.5 Å². The van der Waals surface area contributed by atoms with Gasteiger partial charge < -0.3 is 24.8 Å². The zero-order chi connectivity index (χ0) is 24.6. The summed E-state index contributed by atoms with van der Waals surface area (Å²) >= 11 is 15.0. The number of thiol groups is 1. The third-order valence-corrected chi connectivity index (χ3v) is 7.41. The quantitative estimate of drug-likeness (QED) is 0.300. The topological polar surface area (TPSA) is 153 Å². The predicted octanol–water partition coefficient (Wildman–Crippen LogP) is 2.07. The number of aliphatic hydroxyl groups excluding tert-OH is 2. The summed E-state index contributed by atoms with van der Waals surface area (Å²) in [5.74, 6) is -1.33. The number of aromatic carboxylic acids is 1. The summed E-state index contributed by atoms with van der Waals surface area (Å²) < 4.78 is 13.4. The molecule has 34 heavy (non-hydrogen) atoms. The van der Waals surface area contributed by atoms with Gasteiger partial charge in [-0.05, 0) is 28.9 Å². The highest BCUT2D eigenvalue weighted by Crippen LogP contribution is 2.45. The van der Waals surface area contributed by atoms with Gasteiger partial charge in [-0.25, -0.2) is 19.4 Å². The van der Waals surface area contributed by atoms with Crippen LogP contribution in [0.25, 0.3) is 10.7 Å². The summed E-state index contributed by atoms with van der Waals surface area (Å²) in [5.41, 5.74) is -2.69. The molecule has 1 fully saturated rings. The standard InChI is InChI=1S/C19H19BrClN5O6S2/c1-2-31-15-18(33)32-11(6-27)14(28)19(15,9-3-8(20)4-22-13(9)17(29)30)26-5-10(24-25-26)16-23-12(21)7-34-16/h3-5,7,11,14-15,18,27-28,33H,2,6H2,1H3,(H,29,30)/t11-,14+,15+,18-,19+/m0/s1. The van der Waals surface area contributed by atoms with E-state index in [4.69, 9.17) is 21.1 Å². The lowest BCUT2D eigenvalue weighted by molar-refractivity contribution is -0.218. The molecular weight excluding hydrogens is 574 g/mol. The second-order valence-corrected chi connectivity index (χ2v) is 9.94. The van der Waals surface area contributed by atoms with Crippen LogP contribution in [0.5, 0.6) is 0 Å². The van der Waals surface area contributed by atoms with Crippen LogP contribution in [0.2, 0.25) is 5.15 Å². The normalized spacial score (nSPS) is 27.1. The van der Waals surface area contributed by atoms with E-state index >= 15 is 0 Å². The van der Waals surface area contributed by atoms with Gasteiger partial charge in [-0.1, -0.05) is 16.8 Å². The van der Waals surface area contributed by atoms with Crippen LogP contribution in [0.1, 0.15) is 23.0 Å². The molecule has 4 heterocycles. The largest absolute Gasteiger partial charge is 0.477 e. The second kappa shape index (κ2) is 10.1. The number of carboxylic acid groups (broad SMARTS) is 1. The molecule has 0 aromatic carbocycles. The number of carbonyl (C=O) groups is 1. The molecular formula is C19H19BrClN5O6S2. The average Bonchev–Trinajstić information content (AvgIpc) is 3.46. The highest BCUT2D eigenvalue weighted by atomic mass is 79.9. The minimum Gasteiger partial charge on any atom is -0.477 e. The van der Waals surface area contributed by atoms with E-state index in [1.54, 1.807) is 12.3 Å². The van der Waals surface area contributed by atoms with Crippen LogP contribution in [0.4, 0.5) is 0 Å². The number of rotatable bonds is 7. The SMILES string of the molecule is CCO[C@@H]1[C@H](S)O[C@@H](CO)[C@@H](O)[C@@]1(c1cc(Br)cnc1C(=O)O)n1cc(-c2nc(Cl)cs2)nn1. The third-order valence-electron chi connectivity index (χ3n) is 5.39. The van der Waals surface area contributed by atoms with Gasteiger partial charge in [0, 0.05) is 28.2 Å². The molecule has 5 atom stereocenters. The Kier molecular flexibility index (Phi) is 7.59. The maximum atomic E-state index is 12.2. The van der Waals surface area contributed by atoms with E-state index in [2.05, 4.69) is 48.8 Å². The summed E-state index contributed by atoms with van der Waals surface area (Å²) in [6.45, 7) is 1.33. The number of nitrogens with zero attached hydrogens (tertiary/aromatic N) is 5. The zero-order valence-electron chi connectivity index (χ0n) is 17.4. The first-order chi connectivity index (χ1) is 16.2. The molecule has 0 bridgehead atoms. The van der Waals surface area contributed by atoms with Crippen molar-refractivity contribution in [1.82, 2.24) is 25.0 Å². The fourth-order valence-corrected chi connectivity index (χ4v) is 5.75. The van der Waals surface area contributed by atoms with Crippen LogP contribution in [0.3, 0.4) is 0 Å². The maximum Gasteiger partial charge on any atom is 0.354 e. The van der Waals surface area contributed by atoms with Crippen molar-refractivity contribution in [2.24, 2.45) is 0 Å². The van der Waals surface area contributed by atoms with Gasteiger partial charge in [0.25, 0.3) is 0 Å². The van der Waals surface area contributed by atoms with Gasteiger partial charge in [0.05, 0.1) is 12.8 Å². The Bertz CT molecular complexity index is 1200. The highest BCUT2D eigenvalue weighted by molar-refractivity contribution is 9.10. The molecule has 1 aliphatic rings. The minimum atomic E-state index is -1.76. The lowest BCUT2D eigenvalue weighted by atomic mass is 9.74. The number of hydrogen-bond acceptors (Lipinski definition) is 11. The average molecular weight is 593 g/mol. The maximum absolute atomic E-state index is 12.2. The van der Waals surface area contributed by atoms with Gasteiger partial charge in [0.1, 0.15) is 45.1 Å². The summed E-state index contributed by atoms with van der Waals surface area (Å²) in [4.78, 5) is 20.5. The van der Waals surface area contributed by atoms with Crippen molar-refractivity contribution in [2.75, 3.05) is 13.2 Å². The number of aromatic nitrogens is 5. The third kappa shape index (κ3) is 4.26. The van der Waals surface area contributed by atoms with Gasteiger partial charge in [0.2, 0.25) is 0 Å². The molecule has 0 spiro atoms. The first kappa shape index (κ1) is 25.4. The molecule has 0 radical (unpaired) electrons. The smallest absolute Gasteiger partial charge is 0.354 e. The van der Waals surface area contributed by atoms with Crippen molar-refractivity contribution in [3.8, 4) is 10.7 Å². The summed E-state index contributed by atoms with van der Waals surface area (Å²) in [6.07, 6.45) is -0.934. The van der Waals surface area contributed by atoms with E-state index in [1.165, 1.54) is 34.5 Å². The Labute approximate surface area is 216 Å². The number of halogens is 2. The van der Waals surface area contributed by atoms with Crippen LogP contribution in [0.15, 0.2) is 28.3 Å². The molecule has 11 nitrogen and oxygen atoms in total. The fraction of sp³-hybridized carbons (Fsp3) is 0.421. The molecule has 1 saturated heterocycles. The fourth-order valence-electron chi connectivity index (χ4n) is 4.06. The Morgan fingerprint density at radius 3 is 2.88 bits per heavy atom. The number of thiazole rings is 1. The van der Waals surface area contributed by atoms with Gasteiger partial charge >= 0.3 is 5.97 Å². The lowest BCUT2D eigenvalue weighted by Gasteiger charge is -2.51. The van der Waals surface area contributed by atoms with E-state index in [0.717, 1.165) is 0 Å². The molecule has 4 rings (SSSR count). The summed E-state index contributed by atoms with van der Waals surface area (Å²) in [7, 11) is 0. The van der Waals surface area contributed by atoms with Crippen LogP contribution in [-0.4, -0.2) is 83.2 Å². The Morgan fingerprint density at radius 2 is 2.26 bits per heavy atom. The molecule has 3 aromatic heterocycles. The molecule has 0 aliphatic carbocycles. The molecule has 3 aromatic rings. The van der Waals surface area contributed by atoms with Gasteiger partial charge in [-0.15, -0.1) is 29.1 Å². The number of pyridine rings is 1. The van der Waals surface area contributed by atoms with Crippen LogP contribution < -0.4 is 0 Å². The van der Waals surface area contributed by atoms with E-state index in [-0.39, 0.29) is 23.0 Å². The van der Waals surface area contributed by atoms with Crippen molar-refractivity contribution < 1.29 is 29.6 Å². The molecule has 3 N–H and O–H groups in total. The Hall–Kier alpha value is -1.65. The van der Waals surface area contributed by atoms with E-state index in [9.17, 15) is 20.1 Å². The van der Waals surface area contributed by atoms with Crippen LogP contribution in [0, 0.1) is 0 Å². The minimum absolute atomic E-state index is 0.0646. The molecule has 182 valence electrons. The monoisotopic (exact) mass is 591 g/mol. The van der Waals surface area contributed by atoms with Crippen molar-refractivity contribution in [3.63, 3.8) is 0 Å². The molecule has 0 saturated carbocycles. The molecule has 15 heteroatoms. The number of ether oxygens (including phenoxy) is 2. The Morgan fingerprint density at radius 1 is 1.50 bits per heavy atom. The first-order valence-corrected chi connectivity index (χ1v) is 12.5. The van der Waals surface area contributed by atoms with Gasteiger partial charge in [-0.2, -0.15) is 0 Å². The second-order valence-electron chi connectivity index (χ2n) is 7.27. The Balaban J connectivity index is 2.05. The van der Waals surface area contributed by atoms with Gasteiger partial charge in [0.15, 0.2) is 5.69 Å². The first-order valence-electron chi connectivity index (χ1n) is 9.91. The number of carboxylic acids is 1. The van der Waals surface area contributed by atoms with Crippen molar-refractivity contribution in [1.29, 1.82) is 0 Å². The summed E-state index contributed by atoms with van der Waals surface area (Å²) in [6, 6.07) is 1.51. The number of aliphatic hydroxyl groups is 2. The zero-order valence-corrected chi connectivity index (χ0v) is 21.5. The van der Waals surface area contributed by atoms with Gasteiger partial charge in [-0.3, -0.25) is 0 Å². The van der Waals surface area contributed by atoms with Crippen molar-refractivity contribution in [2.45, 2.75) is 36.2 Å². The molecule has 0 amide bonds. The molecule has 1 aliphatic heterocycles. The van der Waals surface area contributed by atoms with E-state index in [1.807, 2.05) is 0 Å². The predicted molar refractivity (Wildman–Crippen MR) is 128 cm³/mol. The highest BCUT2D eigenvalue weighted by Gasteiger charge is 2.61. The van der Waals surface area contributed by atoms with Crippen LogP contribution in [-0.2, 0) is 15.0 Å². The van der Waals surface area contributed by atoms with Crippen LogP contribution >= 0.6 is 51.5 Å². The van der Waals surface area contributed by atoms with Crippen molar-refractivity contribution in [3.05, 3.63) is 44.7 Å². The lowest BCUT2D eigenvalue weighted by Crippen LogP contribution is -2.68. The van der Waals surface area contributed by atoms with E-state index in [0.29, 0.717) is 15.2 Å². The molecule has 0 unspecified atom stereocenters. The number of hydrogen-bond donors (Lipinski definition) is 4. The van der Waals surface area contributed by atoms with E-state index < -0.39 is 41.9 Å².